The molecule has 1 aromatic heterocycles. The van der Waals surface area contributed by atoms with Crippen molar-refractivity contribution in [1.29, 1.82) is 0 Å². The molecule has 5 nitrogen and oxygen atoms in total. The molecule has 1 aromatic rings. The molecule has 142 valence electrons. The van der Waals surface area contributed by atoms with Gasteiger partial charge in [0.05, 0.1) is 5.01 Å². The quantitative estimate of drug-likeness (QED) is 0.380. The molecule has 0 saturated carbocycles. The van der Waals surface area contributed by atoms with Crippen LogP contribution in [0.15, 0.2) is 11.2 Å². The lowest BCUT2D eigenvalue weighted by Gasteiger charge is -2.26. The lowest BCUT2D eigenvalue weighted by molar-refractivity contribution is 0.224. The first-order chi connectivity index (χ1) is 12.3. The van der Waals surface area contributed by atoms with Gasteiger partial charge in [0.1, 0.15) is 0 Å². The van der Waals surface area contributed by atoms with E-state index in [1.165, 1.54) is 68.0 Å². The van der Waals surface area contributed by atoms with Crippen molar-refractivity contribution < 1.29 is 0 Å². The number of aliphatic imine (C=N–C) groups is 1. The van der Waals surface area contributed by atoms with E-state index >= 15 is 0 Å². The van der Waals surface area contributed by atoms with Crippen LogP contribution in [0.3, 0.4) is 0 Å². The zero-order valence-corrected chi connectivity index (χ0v) is 16.8. The highest BCUT2D eigenvalue weighted by molar-refractivity contribution is 7.11. The van der Waals surface area contributed by atoms with Crippen LogP contribution in [-0.2, 0) is 12.8 Å². The number of thiazole rings is 1. The molecule has 2 rings (SSSR count). The van der Waals surface area contributed by atoms with Gasteiger partial charge < -0.3 is 15.5 Å². The van der Waals surface area contributed by atoms with E-state index in [9.17, 15) is 0 Å². The second-order valence-electron chi connectivity index (χ2n) is 6.71. The van der Waals surface area contributed by atoms with Crippen LogP contribution >= 0.6 is 11.3 Å². The molecule has 25 heavy (non-hydrogen) atoms. The van der Waals surface area contributed by atoms with Crippen LogP contribution in [0, 0.1) is 0 Å². The number of guanidine groups is 1. The van der Waals surface area contributed by atoms with Gasteiger partial charge in [-0.1, -0.05) is 19.8 Å². The van der Waals surface area contributed by atoms with Gasteiger partial charge in [-0.2, -0.15) is 0 Å². The predicted octanol–water partition coefficient (Wildman–Crippen LogP) is 3.07. The molecular weight excluding hydrogens is 330 g/mol. The molecule has 0 bridgehead atoms. The summed E-state index contributed by atoms with van der Waals surface area (Å²) >= 11 is 1.82. The first-order valence-corrected chi connectivity index (χ1v) is 10.7. The molecule has 0 aromatic carbocycles. The summed E-state index contributed by atoms with van der Waals surface area (Å²) in [7, 11) is 1.84. The van der Waals surface area contributed by atoms with Crippen molar-refractivity contribution in [2.24, 2.45) is 4.99 Å². The second kappa shape index (κ2) is 12.3. The lowest BCUT2D eigenvalue weighted by atomic mass is 10.1. The van der Waals surface area contributed by atoms with Gasteiger partial charge in [0.15, 0.2) is 5.96 Å². The third-order valence-corrected chi connectivity index (χ3v) is 5.90. The Morgan fingerprint density at radius 1 is 1.16 bits per heavy atom. The van der Waals surface area contributed by atoms with Gasteiger partial charge in [-0.3, -0.25) is 4.99 Å². The third kappa shape index (κ3) is 8.19. The summed E-state index contributed by atoms with van der Waals surface area (Å²) in [4.78, 5) is 12.7. The number of nitrogens with zero attached hydrogens (tertiary/aromatic N) is 3. The molecule has 1 aliphatic heterocycles. The lowest BCUT2D eigenvalue weighted by Crippen LogP contribution is -2.38. The molecule has 1 fully saturated rings. The van der Waals surface area contributed by atoms with E-state index < -0.39 is 0 Å². The van der Waals surface area contributed by atoms with Crippen molar-refractivity contribution in [1.82, 2.24) is 20.5 Å². The van der Waals surface area contributed by atoms with Gasteiger partial charge in [-0.05, 0) is 51.7 Å². The molecule has 0 amide bonds. The summed E-state index contributed by atoms with van der Waals surface area (Å²) in [5.74, 6) is 0.906. The minimum absolute atomic E-state index is 0.880. The van der Waals surface area contributed by atoms with E-state index in [2.05, 4.69) is 32.4 Å². The Morgan fingerprint density at radius 2 is 1.96 bits per heavy atom. The van der Waals surface area contributed by atoms with E-state index in [-0.39, 0.29) is 0 Å². The predicted molar refractivity (Wildman–Crippen MR) is 109 cm³/mol. The van der Waals surface area contributed by atoms with Crippen molar-refractivity contribution >= 4 is 17.3 Å². The molecular formula is C19H35N5S. The smallest absolute Gasteiger partial charge is 0.190 e. The maximum Gasteiger partial charge on any atom is 0.190 e. The Labute approximate surface area is 157 Å². The highest BCUT2D eigenvalue weighted by Gasteiger charge is 2.08. The van der Waals surface area contributed by atoms with Crippen molar-refractivity contribution in [3.05, 3.63) is 16.1 Å². The summed E-state index contributed by atoms with van der Waals surface area (Å²) in [6.07, 6.45) is 12.1. The number of aryl methyl sites for hydroxylation is 1. The average molecular weight is 366 g/mol. The Kier molecular flexibility index (Phi) is 9.89. The summed E-state index contributed by atoms with van der Waals surface area (Å²) in [5.41, 5.74) is 0. The van der Waals surface area contributed by atoms with Crippen LogP contribution in [0.1, 0.15) is 55.3 Å². The van der Waals surface area contributed by atoms with Crippen LogP contribution in [0.2, 0.25) is 0 Å². The van der Waals surface area contributed by atoms with Gasteiger partial charge in [0, 0.05) is 37.6 Å². The number of piperidine rings is 1. The van der Waals surface area contributed by atoms with E-state index in [0.717, 1.165) is 31.9 Å². The van der Waals surface area contributed by atoms with Crippen molar-refractivity contribution in [3.63, 3.8) is 0 Å². The Balaban J connectivity index is 1.48. The molecule has 0 spiro atoms. The van der Waals surface area contributed by atoms with Gasteiger partial charge >= 0.3 is 0 Å². The van der Waals surface area contributed by atoms with E-state index in [1.54, 1.807) is 0 Å². The molecule has 2 N–H and O–H groups in total. The van der Waals surface area contributed by atoms with E-state index in [0.29, 0.717) is 0 Å². The minimum Gasteiger partial charge on any atom is -0.356 e. The highest BCUT2D eigenvalue weighted by Crippen LogP contribution is 2.13. The van der Waals surface area contributed by atoms with Crippen LogP contribution < -0.4 is 10.6 Å². The van der Waals surface area contributed by atoms with Crippen LogP contribution in [0.4, 0.5) is 0 Å². The second-order valence-corrected chi connectivity index (χ2v) is 7.91. The maximum absolute atomic E-state index is 4.46. The SMILES string of the molecule is CCc1cnc(CCNC(=NC)NCCCCCN2CCCCC2)s1. The number of hydrogen-bond donors (Lipinski definition) is 2. The average Bonchev–Trinajstić information content (AvgIpc) is 3.12. The maximum atomic E-state index is 4.46. The fourth-order valence-electron chi connectivity index (χ4n) is 3.16. The van der Waals surface area contributed by atoms with Gasteiger partial charge in [-0.15, -0.1) is 11.3 Å². The molecule has 0 radical (unpaired) electrons. The largest absolute Gasteiger partial charge is 0.356 e. The summed E-state index contributed by atoms with van der Waals surface area (Å²) in [5, 5.41) is 8.01. The van der Waals surface area contributed by atoms with Crippen LogP contribution in [0.25, 0.3) is 0 Å². The number of nitrogens with one attached hydrogen (secondary N) is 2. The first kappa shape index (κ1) is 20.2. The number of unbranched alkanes of at least 4 members (excludes halogenated alkanes) is 2. The number of likely N-dealkylation sites (tertiary alicyclic amines) is 1. The first-order valence-electron chi connectivity index (χ1n) is 9.92. The highest BCUT2D eigenvalue weighted by atomic mass is 32.1. The molecule has 0 unspecified atom stereocenters. The Morgan fingerprint density at radius 3 is 2.68 bits per heavy atom. The van der Waals surface area contributed by atoms with E-state index in [4.69, 9.17) is 0 Å². The topological polar surface area (TPSA) is 52.6 Å². The summed E-state index contributed by atoms with van der Waals surface area (Å²) in [6.45, 7) is 7.96. The zero-order chi connectivity index (χ0) is 17.7. The zero-order valence-electron chi connectivity index (χ0n) is 16.0. The number of hydrogen-bond acceptors (Lipinski definition) is 4. The van der Waals surface area contributed by atoms with Crippen molar-refractivity contribution in [3.8, 4) is 0 Å². The summed E-state index contributed by atoms with van der Waals surface area (Å²) < 4.78 is 0. The summed E-state index contributed by atoms with van der Waals surface area (Å²) in [6, 6.07) is 0. The standard InChI is InChI=1S/C19H35N5S/c1-3-17-16-23-18(25-17)10-12-22-19(20-2)21-11-6-4-7-13-24-14-8-5-9-15-24/h16H,3-15H2,1-2H3,(H2,20,21,22). The van der Waals surface area contributed by atoms with E-state index in [1.807, 2.05) is 24.6 Å². The minimum atomic E-state index is 0.880. The fourth-order valence-corrected chi connectivity index (χ4v) is 4.02. The van der Waals surface area contributed by atoms with Crippen molar-refractivity contribution in [2.75, 3.05) is 39.8 Å². The normalized spacial score (nSPS) is 16.2. The molecule has 0 aliphatic carbocycles. The molecule has 2 heterocycles. The van der Waals surface area contributed by atoms with Crippen molar-refractivity contribution in [2.45, 2.75) is 58.3 Å². The third-order valence-electron chi connectivity index (χ3n) is 4.70. The monoisotopic (exact) mass is 365 g/mol. The molecule has 1 saturated heterocycles. The van der Waals surface area contributed by atoms with Gasteiger partial charge in [0.2, 0.25) is 0 Å². The van der Waals surface area contributed by atoms with Crippen LogP contribution in [-0.4, -0.2) is 55.6 Å². The molecule has 1 aliphatic rings. The Bertz CT molecular complexity index is 494. The Hall–Kier alpha value is -1.14. The van der Waals surface area contributed by atoms with Gasteiger partial charge in [0.25, 0.3) is 0 Å². The fraction of sp³-hybridized carbons (Fsp3) is 0.789. The number of rotatable bonds is 10. The van der Waals surface area contributed by atoms with Gasteiger partial charge in [-0.25, -0.2) is 4.98 Å². The molecule has 6 heteroatoms. The van der Waals surface area contributed by atoms with Crippen LogP contribution in [0.5, 0.6) is 0 Å². The number of aromatic nitrogens is 1. The molecule has 0 atom stereocenters.